The summed E-state index contributed by atoms with van der Waals surface area (Å²) in [6, 6.07) is 0. The number of nitrogens with one attached hydrogen (secondary N) is 1. The molecular weight excluding hydrogens is 206 g/mol. The van der Waals surface area contributed by atoms with Crippen molar-refractivity contribution >= 4 is 6.09 Å². The van der Waals surface area contributed by atoms with Gasteiger partial charge in [-0.25, -0.2) is 4.79 Å². The lowest BCUT2D eigenvalue weighted by molar-refractivity contribution is 0.129. The fourth-order valence-electron chi connectivity index (χ4n) is 1.92. The van der Waals surface area contributed by atoms with Crippen molar-refractivity contribution in [2.24, 2.45) is 0 Å². The van der Waals surface area contributed by atoms with E-state index in [1.165, 1.54) is 43.6 Å². The monoisotopic (exact) mass is 223 g/mol. The Balaban J connectivity index is 1.84. The van der Waals surface area contributed by atoms with Gasteiger partial charge in [-0.2, -0.15) is 5.01 Å². The number of likely N-dealkylation sites (tertiary alicyclic amines) is 1. The van der Waals surface area contributed by atoms with E-state index in [1.54, 1.807) is 6.20 Å². The molecule has 0 bridgehead atoms. The zero-order valence-electron chi connectivity index (χ0n) is 9.48. The minimum atomic E-state index is -0.410. The number of nitrogens with zero attached hydrogens (tertiary/aromatic N) is 2. The third-order valence-corrected chi connectivity index (χ3v) is 2.80. The van der Waals surface area contributed by atoms with Gasteiger partial charge in [0.15, 0.2) is 0 Å². The van der Waals surface area contributed by atoms with Gasteiger partial charge in [-0.3, -0.25) is 10.3 Å². The van der Waals surface area contributed by atoms with Crippen LogP contribution in [0.1, 0.15) is 12.8 Å². The molecule has 5 nitrogen and oxygen atoms in total. The molecule has 88 valence electrons. The van der Waals surface area contributed by atoms with Crippen LogP contribution in [-0.2, 0) is 4.74 Å². The average Bonchev–Trinajstić information content (AvgIpc) is 2.82. The number of carbonyl (C=O) groups excluding carboxylic acids is 1. The van der Waals surface area contributed by atoms with Gasteiger partial charge in [0.2, 0.25) is 0 Å². The highest BCUT2D eigenvalue weighted by Gasteiger charge is 2.15. The third kappa shape index (κ3) is 2.55. The van der Waals surface area contributed by atoms with Crippen molar-refractivity contribution in [3.63, 3.8) is 0 Å². The third-order valence-electron chi connectivity index (χ3n) is 2.80. The fourth-order valence-corrected chi connectivity index (χ4v) is 1.92. The van der Waals surface area contributed by atoms with Gasteiger partial charge in [-0.1, -0.05) is 0 Å². The van der Waals surface area contributed by atoms with E-state index >= 15 is 0 Å². The van der Waals surface area contributed by atoms with E-state index in [2.05, 4.69) is 15.1 Å². The average molecular weight is 223 g/mol. The van der Waals surface area contributed by atoms with Crippen LogP contribution >= 0.6 is 0 Å². The van der Waals surface area contributed by atoms with Crippen molar-refractivity contribution < 1.29 is 9.53 Å². The Bertz CT molecular complexity index is 319. The first-order valence-corrected chi connectivity index (χ1v) is 5.52. The molecule has 1 amide bonds. The first-order chi connectivity index (χ1) is 7.79. The second kappa shape index (κ2) is 5.03. The standard InChI is InChI=1S/C11H17N3O2/c1-16-11(15)14-7-4-10(8-12-14)9-13-5-2-3-6-13/h4,7-8,12H,2-3,5-6,9H2,1H3. The molecule has 1 fully saturated rings. The van der Waals surface area contributed by atoms with Gasteiger partial charge in [0.1, 0.15) is 0 Å². The summed E-state index contributed by atoms with van der Waals surface area (Å²) in [6.07, 6.45) is 7.64. The molecule has 2 aliphatic heterocycles. The van der Waals surface area contributed by atoms with E-state index in [-0.39, 0.29) is 0 Å². The van der Waals surface area contributed by atoms with E-state index < -0.39 is 6.09 Å². The van der Waals surface area contributed by atoms with Gasteiger partial charge < -0.3 is 4.74 Å². The summed E-state index contributed by atoms with van der Waals surface area (Å²) >= 11 is 0. The Morgan fingerprint density at radius 1 is 1.50 bits per heavy atom. The molecule has 2 heterocycles. The lowest BCUT2D eigenvalue weighted by Crippen LogP contribution is -2.37. The predicted molar refractivity (Wildman–Crippen MR) is 60.3 cm³/mol. The Kier molecular flexibility index (Phi) is 3.46. The number of hydrogen-bond acceptors (Lipinski definition) is 4. The molecule has 0 aromatic heterocycles. The van der Waals surface area contributed by atoms with E-state index in [9.17, 15) is 4.79 Å². The first-order valence-electron chi connectivity index (χ1n) is 5.52. The van der Waals surface area contributed by atoms with Crippen LogP contribution in [0.5, 0.6) is 0 Å². The molecule has 1 N–H and O–H groups in total. The summed E-state index contributed by atoms with van der Waals surface area (Å²) in [4.78, 5) is 13.6. The lowest BCUT2D eigenvalue weighted by Gasteiger charge is -2.23. The fraction of sp³-hybridized carbons (Fsp3) is 0.545. The second-order valence-electron chi connectivity index (χ2n) is 3.99. The van der Waals surface area contributed by atoms with Crippen LogP contribution in [0.15, 0.2) is 24.0 Å². The van der Waals surface area contributed by atoms with E-state index in [0.717, 1.165) is 6.54 Å². The highest BCUT2D eigenvalue weighted by Crippen LogP contribution is 2.12. The summed E-state index contributed by atoms with van der Waals surface area (Å²) < 4.78 is 4.59. The van der Waals surface area contributed by atoms with Crippen LogP contribution < -0.4 is 5.43 Å². The molecule has 0 unspecified atom stereocenters. The molecule has 0 atom stereocenters. The maximum Gasteiger partial charge on any atom is 0.432 e. The molecule has 2 rings (SSSR count). The zero-order valence-corrected chi connectivity index (χ0v) is 9.48. The van der Waals surface area contributed by atoms with E-state index in [1.807, 2.05) is 12.3 Å². The van der Waals surface area contributed by atoms with Crippen molar-refractivity contribution in [2.45, 2.75) is 12.8 Å². The molecule has 0 aromatic rings. The minimum Gasteiger partial charge on any atom is -0.451 e. The van der Waals surface area contributed by atoms with Crippen LogP contribution in [0.25, 0.3) is 0 Å². The van der Waals surface area contributed by atoms with Crippen molar-refractivity contribution in [1.29, 1.82) is 0 Å². The Morgan fingerprint density at radius 2 is 2.25 bits per heavy atom. The topological polar surface area (TPSA) is 44.8 Å². The van der Waals surface area contributed by atoms with E-state index in [0.29, 0.717) is 0 Å². The predicted octanol–water partition coefficient (Wildman–Crippen LogP) is 1.07. The highest BCUT2D eigenvalue weighted by atomic mass is 16.5. The summed E-state index contributed by atoms with van der Waals surface area (Å²) in [7, 11) is 1.36. The molecule has 1 saturated heterocycles. The maximum absolute atomic E-state index is 11.2. The van der Waals surface area contributed by atoms with Crippen molar-refractivity contribution in [2.75, 3.05) is 26.7 Å². The minimum absolute atomic E-state index is 0.410. The normalized spacial score (nSPS) is 20.6. The van der Waals surface area contributed by atoms with Crippen molar-refractivity contribution in [3.05, 3.63) is 24.0 Å². The van der Waals surface area contributed by atoms with Crippen molar-refractivity contribution in [3.8, 4) is 0 Å². The number of carbonyl (C=O) groups is 1. The number of hydrogen-bond donors (Lipinski definition) is 1. The van der Waals surface area contributed by atoms with Gasteiger partial charge in [0.25, 0.3) is 0 Å². The summed E-state index contributed by atoms with van der Waals surface area (Å²) in [5.41, 5.74) is 4.06. The van der Waals surface area contributed by atoms with Crippen LogP contribution in [0.2, 0.25) is 0 Å². The van der Waals surface area contributed by atoms with Crippen LogP contribution in [0.3, 0.4) is 0 Å². The molecular formula is C11H17N3O2. The number of rotatable bonds is 2. The lowest BCUT2D eigenvalue weighted by atomic mass is 10.2. The zero-order chi connectivity index (χ0) is 11.4. The van der Waals surface area contributed by atoms with E-state index in [4.69, 9.17) is 0 Å². The van der Waals surface area contributed by atoms with Gasteiger partial charge in [0, 0.05) is 18.9 Å². The smallest absolute Gasteiger partial charge is 0.432 e. The number of ether oxygens (including phenoxy) is 1. The molecule has 16 heavy (non-hydrogen) atoms. The van der Waals surface area contributed by atoms with Crippen LogP contribution in [0.4, 0.5) is 4.79 Å². The molecule has 0 aromatic carbocycles. The van der Waals surface area contributed by atoms with Crippen LogP contribution in [-0.4, -0.2) is 42.7 Å². The quantitative estimate of drug-likeness (QED) is 0.760. The molecule has 2 aliphatic rings. The summed E-state index contributed by atoms with van der Waals surface area (Å²) in [5, 5.41) is 1.31. The number of hydrazine groups is 1. The number of methoxy groups -OCH3 is 1. The van der Waals surface area contributed by atoms with Gasteiger partial charge in [-0.05, 0) is 37.6 Å². The summed E-state index contributed by atoms with van der Waals surface area (Å²) in [5.74, 6) is 0. The van der Waals surface area contributed by atoms with Crippen LogP contribution in [0, 0.1) is 0 Å². The second-order valence-corrected chi connectivity index (χ2v) is 3.99. The van der Waals surface area contributed by atoms with Gasteiger partial charge in [0.05, 0.1) is 7.11 Å². The molecule has 0 aliphatic carbocycles. The molecule has 0 radical (unpaired) electrons. The largest absolute Gasteiger partial charge is 0.451 e. The molecule has 0 saturated carbocycles. The number of amides is 1. The van der Waals surface area contributed by atoms with Gasteiger partial charge in [-0.15, -0.1) is 0 Å². The Hall–Kier alpha value is -1.49. The highest BCUT2D eigenvalue weighted by molar-refractivity contribution is 5.68. The SMILES string of the molecule is COC(=O)N1C=CC(CN2CCCC2)=CN1. The summed E-state index contributed by atoms with van der Waals surface area (Å²) in [6.45, 7) is 3.29. The maximum atomic E-state index is 11.2. The van der Waals surface area contributed by atoms with Gasteiger partial charge >= 0.3 is 6.09 Å². The first kappa shape index (κ1) is 11.0. The molecule has 5 heteroatoms. The van der Waals surface area contributed by atoms with Crippen molar-refractivity contribution in [1.82, 2.24) is 15.3 Å². The Labute approximate surface area is 95.3 Å². The Morgan fingerprint density at radius 3 is 2.81 bits per heavy atom. The molecule has 0 spiro atoms.